The van der Waals surface area contributed by atoms with Gasteiger partial charge in [-0.1, -0.05) is 31.9 Å². The van der Waals surface area contributed by atoms with E-state index in [9.17, 15) is 0 Å². The number of hydrogen-bond donors (Lipinski definition) is 0. The molecule has 0 saturated heterocycles. The number of halogens is 2. The molecule has 0 spiro atoms. The van der Waals surface area contributed by atoms with E-state index in [1.165, 1.54) is 17.9 Å². The molecule has 0 aromatic carbocycles. The van der Waals surface area contributed by atoms with Crippen molar-refractivity contribution < 1.29 is 0 Å². The molecule has 0 aliphatic rings. The molecule has 0 aromatic heterocycles. The lowest BCUT2D eigenvalue weighted by molar-refractivity contribution is 1.13. The minimum atomic E-state index is 1.12. The molecule has 0 atom stereocenters. The molecule has 0 bridgehead atoms. The van der Waals surface area contributed by atoms with Crippen LogP contribution in [0.15, 0.2) is 0 Å². The zero-order chi connectivity index (χ0) is 6.24. The highest BCUT2D eigenvalue weighted by Gasteiger charge is 1.84. The predicted octanol–water partition coefficient (Wildman–Crippen LogP) is 2.90. The van der Waals surface area contributed by atoms with Crippen molar-refractivity contribution in [3.63, 3.8) is 0 Å². The maximum Gasteiger partial charge on any atom is 0.0122 e. The van der Waals surface area contributed by atoms with Gasteiger partial charge in [-0.3, -0.25) is 0 Å². The van der Waals surface area contributed by atoms with Gasteiger partial charge < -0.3 is 0 Å². The number of rotatable bonds is 5. The van der Waals surface area contributed by atoms with Crippen LogP contribution in [0.25, 0.3) is 0 Å². The Morgan fingerprint density at radius 2 is 1.75 bits per heavy atom. The molecule has 0 nitrogen and oxygen atoms in total. The molecule has 50 valence electrons. The molecule has 0 saturated carbocycles. The molecule has 0 heterocycles. The summed E-state index contributed by atoms with van der Waals surface area (Å²) in [5, 5.41) is 2.27. The van der Waals surface area contributed by atoms with Gasteiger partial charge in [-0.15, -0.1) is 0 Å². The van der Waals surface area contributed by atoms with Gasteiger partial charge in [0.1, 0.15) is 0 Å². The van der Waals surface area contributed by atoms with E-state index < -0.39 is 0 Å². The van der Waals surface area contributed by atoms with Gasteiger partial charge in [0.15, 0.2) is 0 Å². The largest absolute Gasteiger partial charge is 0.161 e. The maximum atomic E-state index is 3.38. The van der Waals surface area contributed by atoms with E-state index in [1.54, 1.807) is 0 Å². The van der Waals surface area contributed by atoms with E-state index in [4.69, 9.17) is 0 Å². The van der Waals surface area contributed by atoms with E-state index in [0.717, 1.165) is 10.7 Å². The molecular formula is C5H10Br2S. The quantitative estimate of drug-likeness (QED) is 0.542. The lowest BCUT2D eigenvalue weighted by Gasteiger charge is -1.93. The van der Waals surface area contributed by atoms with Crippen molar-refractivity contribution in [2.75, 3.05) is 22.2 Å². The first-order valence-corrected chi connectivity index (χ1v) is 6.01. The third-order valence-electron chi connectivity index (χ3n) is 0.644. The highest BCUT2D eigenvalue weighted by Crippen LogP contribution is 2.04. The van der Waals surface area contributed by atoms with Gasteiger partial charge in [-0.05, 0) is 12.2 Å². The van der Waals surface area contributed by atoms with Crippen molar-refractivity contribution in [1.82, 2.24) is 0 Å². The smallest absolute Gasteiger partial charge is 0.0122 e. The summed E-state index contributed by atoms with van der Waals surface area (Å²) in [6.07, 6.45) is 1.29. The fraction of sp³-hybridized carbons (Fsp3) is 1.00. The van der Waals surface area contributed by atoms with E-state index >= 15 is 0 Å². The van der Waals surface area contributed by atoms with Crippen LogP contribution in [-0.2, 0) is 0 Å². The monoisotopic (exact) mass is 260 g/mol. The Bertz CT molecular complexity index is 35.4. The van der Waals surface area contributed by atoms with Crippen LogP contribution < -0.4 is 0 Å². The van der Waals surface area contributed by atoms with Gasteiger partial charge in [0.2, 0.25) is 0 Å². The Kier molecular flexibility index (Phi) is 9.67. The Labute approximate surface area is 72.1 Å². The number of thioether (sulfide) groups is 1. The average Bonchev–Trinajstić information content (AvgIpc) is 1.81. The van der Waals surface area contributed by atoms with Gasteiger partial charge in [0.25, 0.3) is 0 Å². The van der Waals surface area contributed by atoms with E-state index in [2.05, 4.69) is 31.9 Å². The van der Waals surface area contributed by atoms with Crippen molar-refractivity contribution >= 4 is 43.6 Å². The third kappa shape index (κ3) is 7.31. The van der Waals surface area contributed by atoms with Crippen LogP contribution in [0.4, 0.5) is 0 Å². The number of hydrogen-bond acceptors (Lipinski definition) is 1. The van der Waals surface area contributed by atoms with E-state index in [-0.39, 0.29) is 0 Å². The second kappa shape index (κ2) is 8.31. The van der Waals surface area contributed by atoms with Gasteiger partial charge in [-0.25, -0.2) is 0 Å². The zero-order valence-corrected chi connectivity index (χ0v) is 8.69. The minimum Gasteiger partial charge on any atom is -0.161 e. The highest BCUT2D eigenvalue weighted by molar-refractivity contribution is 9.09. The molecule has 0 unspecified atom stereocenters. The Hall–Kier alpha value is 1.31. The van der Waals surface area contributed by atoms with Crippen LogP contribution >= 0.6 is 43.6 Å². The third-order valence-corrected chi connectivity index (χ3v) is 3.20. The highest BCUT2D eigenvalue weighted by atomic mass is 79.9. The molecule has 0 amide bonds. The summed E-state index contributed by atoms with van der Waals surface area (Å²) in [7, 11) is 0. The summed E-state index contributed by atoms with van der Waals surface area (Å²) in [5.74, 6) is 2.53. The van der Waals surface area contributed by atoms with Crippen LogP contribution in [0.5, 0.6) is 0 Å². The van der Waals surface area contributed by atoms with Crippen LogP contribution in [0.3, 0.4) is 0 Å². The Morgan fingerprint density at radius 3 is 2.25 bits per heavy atom. The summed E-state index contributed by atoms with van der Waals surface area (Å²) in [4.78, 5) is 0. The van der Waals surface area contributed by atoms with Gasteiger partial charge >= 0.3 is 0 Å². The van der Waals surface area contributed by atoms with Crippen molar-refractivity contribution in [1.29, 1.82) is 0 Å². The normalized spacial score (nSPS) is 9.75. The lowest BCUT2D eigenvalue weighted by Crippen LogP contribution is -1.83. The summed E-state index contributed by atoms with van der Waals surface area (Å²) in [6, 6.07) is 0. The fourth-order valence-electron chi connectivity index (χ4n) is 0.313. The van der Waals surface area contributed by atoms with Crippen molar-refractivity contribution in [2.45, 2.75) is 6.42 Å². The van der Waals surface area contributed by atoms with Gasteiger partial charge in [0, 0.05) is 16.4 Å². The van der Waals surface area contributed by atoms with Crippen LogP contribution in [0.2, 0.25) is 0 Å². The second-order valence-electron chi connectivity index (χ2n) is 1.34. The lowest BCUT2D eigenvalue weighted by atomic mass is 10.6. The standard InChI is InChI=1S/C5H10Br2S/c6-2-1-4-8-5-3-7/h1-5H2. The molecule has 8 heavy (non-hydrogen) atoms. The van der Waals surface area contributed by atoms with Crippen LogP contribution in [-0.4, -0.2) is 22.2 Å². The SMILES string of the molecule is BrCCCSCCBr. The van der Waals surface area contributed by atoms with Crippen molar-refractivity contribution in [3.8, 4) is 0 Å². The first kappa shape index (κ1) is 9.31. The Balaban J connectivity index is 2.53. The maximum absolute atomic E-state index is 3.38. The van der Waals surface area contributed by atoms with Gasteiger partial charge in [-0.2, -0.15) is 11.8 Å². The fourth-order valence-corrected chi connectivity index (χ4v) is 2.31. The number of alkyl halides is 2. The molecule has 0 radical (unpaired) electrons. The predicted molar refractivity (Wildman–Crippen MR) is 49.5 cm³/mol. The summed E-state index contributed by atoms with van der Waals surface area (Å²) < 4.78 is 0. The summed E-state index contributed by atoms with van der Waals surface area (Å²) in [5.41, 5.74) is 0. The van der Waals surface area contributed by atoms with Gasteiger partial charge in [0.05, 0.1) is 0 Å². The summed E-state index contributed by atoms with van der Waals surface area (Å²) >= 11 is 8.75. The van der Waals surface area contributed by atoms with Crippen LogP contribution in [0.1, 0.15) is 6.42 Å². The molecular weight excluding hydrogens is 252 g/mol. The van der Waals surface area contributed by atoms with E-state index in [0.29, 0.717) is 0 Å². The molecule has 3 heteroatoms. The molecule has 0 aliphatic heterocycles. The van der Waals surface area contributed by atoms with Crippen molar-refractivity contribution in [3.05, 3.63) is 0 Å². The first-order chi connectivity index (χ1) is 3.91. The minimum absolute atomic E-state index is 1.12. The van der Waals surface area contributed by atoms with E-state index in [1.807, 2.05) is 11.8 Å². The van der Waals surface area contributed by atoms with Crippen LogP contribution in [0, 0.1) is 0 Å². The van der Waals surface area contributed by atoms with Crippen molar-refractivity contribution in [2.24, 2.45) is 0 Å². The molecule has 0 N–H and O–H groups in total. The topological polar surface area (TPSA) is 0 Å². The molecule has 0 aliphatic carbocycles. The second-order valence-corrected chi connectivity index (χ2v) is 4.15. The molecule has 0 rings (SSSR count). The Morgan fingerprint density at radius 1 is 1.00 bits per heavy atom. The average molecular weight is 262 g/mol. The summed E-state index contributed by atoms with van der Waals surface area (Å²) in [6.45, 7) is 0. The molecule has 0 fully saturated rings. The first-order valence-electron chi connectivity index (χ1n) is 2.61. The molecule has 0 aromatic rings. The zero-order valence-electron chi connectivity index (χ0n) is 4.70.